The molecule has 0 spiro atoms. The lowest BCUT2D eigenvalue weighted by Crippen LogP contribution is -2.20. The number of nitrogens with zero attached hydrogens (tertiary/aromatic N) is 5. The Balaban J connectivity index is 1.70. The summed E-state index contributed by atoms with van der Waals surface area (Å²) in [6, 6.07) is 15.9. The van der Waals surface area contributed by atoms with E-state index >= 15 is 0 Å². The second-order valence-electron chi connectivity index (χ2n) is 5.56. The van der Waals surface area contributed by atoms with Crippen molar-refractivity contribution in [2.24, 2.45) is 9.98 Å². The Morgan fingerprint density at radius 1 is 1.04 bits per heavy atom. The molecule has 0 bridgehead atoms. The van der Waals surface area contributed by atoms with E-state index in [-0.39, 0.29) is 0 Å². The van der Waals surface area contributed by atoms with Gasteiger partial charge in [-0.05, 0) is 24.6 Å². The van der Waals surface area contributed by atoms with Crippen LogP contribution in [0.1, 0.15) is 16.7 Å². The van der Waals surface area contributed by atoms with Crippen molar-refractivity contribution in [2.45, 2.75) is 13.5 Å². The van der Waals surface area contributed by atoms with Crippen LogP contribution in [-0.4, -0.2) is 26.3 Å². The van der Waals surface area contributed by atoms with Gasteiger partial charge in [-0.1, -0.05) is 53.6 Å². The van der Waals surface area contributed by atoms with Crippen LogP contribution < -0.4 is 0 Å². The summed E-state index contributed by atoms with van der Waals surface area (Å²) in [5.41, 5.74) is 4.06. The van der Waals surface area contributed by atoms with Crippen LogP contribution in [0.4, 0.5) is 5.95 Å². The van der Waals surface area contributed by atoms with E-state index < -0.39 is 0 Å². The minimum Gasteiger partial charge on any atom is -0.260 e. The number of aromatic nitrogens is 3. The number of aryl methyl sites for hydroxylation is 1. The molecular weight excluding hydrogens is 322 g/mol. The molecule has 0 atom stereocenters. The van der Waals surface area contributed by atoms with Crippen LogP contribution in [0.3, 0.4) is 0 Å². The molecule has 4 rings (SSSR count). The lowest BCUT2D eigenvalue weighted by Gasteiger charge is -2.05. The summed E-state index contributed by atoms with van der Waals surface area (Å²) in [4.78, 5) is 13.4. The van der Waals surface area contributed by atoms with Gasteiger partial charge in [-0.2, -0.15) is 14.8 Å². The third kappa shape index (κ3) is 2.74. The van der Waals surface area contributed by atoms with Crippen LogP contribution in [0.15, 0.2) is 64.8 Å². The van der Waals surface area contributed by atoms with Gasteiger partial charge in [0.1, 0.15) is 12.0 Å². The molecule has 5 nitrogen and oxygen atoms in total. The molecule has 0 aliphatic carbocycles. The highest BCUT2D eigenvalue weighted by Crippen LogP contribution is 2.21. The Morgan fingerprint density at radius 3 is 2.54 bits per heavy atom. The predicted molar refractivity (Wildman–Crippen MR) is 95.4 cm³/mol. The topological polar surface area (TPSA) is 55.4 Å². The summed E-state index contributed by atoms with van der Waals surface area (Å²) in [6.07, 6.45) is 1.48. The summed E-state index contributed by atoms with van der Waals surface area (Å²) >= 11 is 5.98. The van der Waals surface area contributed by atoms with Gasteiger partial charge in [0, 0.05) is 10.6 Å². The van der Waals surface area contributed by atoms with Crippen molar-refractivity contribution in [1.29, 1.82) is 0 Å². The first-order valence-electron chi connectivity index (χ1n) is 7.56. The molecule has 2 heterocycles. The van der Waals surface area contributed by atoms with Crippen molar-refractivity contribution in [3.8, 4) is 0 Å². The van der Waals surface area contributed by atoms with E-state index in [0.717, 1.165) is 16.8 Å². The number of rotatable bonds is 3. The lowest BCUT2D eigenvalue weighted by atomic mass is 10.1. The van der Waals surface area contributed by atoms with E-state index in [9.17, 15) is 0 Å². The maximum Gasteiger partial charge on any atom is 0.254 e. The van der Waals surface area contributed by atoms with Gasteiger partial charge >= 0.3 is 0 Å². The molecular formula is C18H14ClN5. The number of aliphatic imine (C=N–C) groups is 2. The molecule has 2 aromatic carbocycles. The van der Waals surface area contributed by atoms with Gasteiger partial charge in [0.2, 0.25) is 0 Å². The summed E-state index contributed by atoms with van der Waals surface area (Å²) in [5.74, 6) is 1.24. The van der Waals surface area contributed by atoms with E-state index in [2.05, 4.69) is 46.3 Å². The Labute approximate surface area is 144 Å². The average molecular weight is 336 g/mol. The summed E-state index contributed by atoms with van der Waals surface area (Å²) in [7, 11) is 0. The first kappa shape index (κ1) is 14.8. The first-order valence-corrected chi connectivity index (χ1v) is 7.94. The number of halogens is 1. The molecule has 24 heavy (non-hydrogen) atoms. The van der Waals surface area contributed by atoms with Crippen molar-refractivity contribution in [3.05, 3.63) is 76.6 Å². The molecule has 0 amide bonds. The van der Waals surface area contributed by atoms with Gasteiger partial charge < -0.3 is 0 Å². The van der Waals surface area contributed by atoms with Crippen molar-refractivity contribution in [1.82, 2.24) is 14.8 Å². The fourth-order valence-corrected chi connectivity index (χ4v) is 2.64. The Kier molecular flexibility index (Phi) is 3.70. The Hall–Kier alpha value is -2.79. The summed E-state index contributed by atoms with van der Waals surface area (Å²) in [5, 5.41) is 4.92. The fraction of sp³-hybridized carbons (Fsp3) is 0.111. The molecule has 0 fully saturated rings. The Bertz CT molecular complexity index is 936. The minimum absolute atomic E-state index is 0.544. The Morgan fingerprint density at radius 2 is 1.79 bits per heavy atom. The molecule has 6 heteroatoms. The molecule has 1 aliphatic heterocycles. The van der Waals surface area contributed by atoms with Gasteiger partial charge in [-0.3, -0.25) is 4.99 Å². The predicted octanol–water partition coefficient (Wildman–Crippen LogP) is 3.82. The van der Waals surface area contributed by atoms with Crippen LogP contribution in [0.5, 0.6) is 0 Å². The molecule has 118 valence electrons. The highest BCUT2D eigenvalue weighted by atomic mass is 35.5. The van der Waals surface area contributed by atoms with Crippen molar-refractivity contribution < 1.29 is 0 Å². The van der Waals surface area contributed by atoms with Crippen molar-refractivity contribution in [3.63, 3.8) is 0 Å². The van der Waals surface area contributed by atoms with Gasteiger partial charge in [-0.25, -0.2) is 4.99 Å². The van der Waals surface area contributed by atoms with E-state index in [1.165, 1.54) is 11.9 Å². The molecule has 0 N–H and O–H groups in total. The zero-order chi connectivity index (χ0) is 16.5. The van der Waals surface area contributed by atoms with Crippen LogP contribution >= 0.6 is 11.6 Å². The highest BCUT2D eigenvalue weighted by molar-refractivity contribution is 6.50. The zero-order valence-electron chi connectivity index (χ0n) is 13.0. The van der Waals surface area contributed by atoms with E-state index in [1.54, 1.807) is 4.68 Å². The maximum atomic E-state index is 5.98. The molecule has 3 aromatic rings. The molecule has 1 aromatic heterocycles. The zero-order valence-corrected chi connectivity index (χ0v) is 13.8. The molecule has 0 radical (unpaired) electrons. The number of hydrogen-bond donors (Lipinski definition) is 0. The van der Waals surface area contributed by atoms with Crippen LogP contribution in [-0.2, 0) is 6.54 Å². The summed E-state index contributed by atoms with van der Waals surface area (Å²) in [6.45, 7) is 2.63. The largest absolute Gasteiger partial charge is 0.260 e. The van der Waals surface area contributed by atoms with Gasteiger partial charge in [0.05, 0.1) is 6.54 Å². The quantitative estimate of drug-likeness (QED) is 0.730. The highest BCUT2D eigenvalue weighted by Gasteiger charge is 2.25. The smallest absolute Gasteiger partial charge is 0.254 e. The normalized spacial score (nSPS) is 14.8. The minimum atomic E-state index is 0.544. The standard InChI is InChI=1S/C18H14ClN5/c1-12-2-4-13(5-3-12)10-20-17-16(14-6-8-15(19)9-7-14)23-18-21-11-22-24(17)18/h2-9,11H,10H2,1H3. The number of benzene rings is 2. The fourth-order valence-electron chi connectivity index (χ4n) is 2.51. The van der Waals surface area contributed by atoms with Gasteiger partial charge in [-0.15, -0.1) is 0 Å². The molecule has 0 unspecified atom stereocenters. The lowest BCUT2D eigenvalue weighted by molar-refractivity contribution is 0.932. The third-order valence-corrected chi connectivity index (χ3v) is 4.06. The monoisotopic (exact) mass is 335 g/mol. The molecule has 0 saturated heterocycles. The average Bonchev–Trinajstić information content (AvgIpc) is 3.17. The number of hydrogen-bond acceptors (Lipinski definition) is 4. The van der Waals surface area contributed by atoms with Crippen LogP contribution in [0.2, 0.25) is 5.02 Å². The molecule has 0 saturated carbocycles. The van der Waals surface area contributed by atoms with Crippen molar-refractivity contribution in [2.75, 3.05) is 0 Å². The van der Waals surface area contributed by atoms with E-state index in [1.807, 2.05) is 24.3 Å². The van der Waals surface area contributed by atoms with E-state index in [0.29, 0.717) is 23.4 Å². The van der Waals surface area contributed by atoms with Crippen LogP contribution in [0.25, 0.3) is 0 Å². The second kappa shape index (κ2) is 6.02. The van der Waals surface area contributed by atoms with Crippen molar-refractivity contribution >= 4 is 29.1 Å². The van der Waals surface area contributed by atoms with Gasteiger partial charge in [0.25, 0.3) is 5.95 Å². The van der Waals surface area contributed by atoms with Gasteiger partial charge in [0.15, 0.2) is 5.84 Å². The SMILES string of the molecule is Cc1ccc(CN=C2C(c3ccc(Cl)cc3)=Nc3ncnn32)cc1. The molecule has 1 aliphatic rings. The van der Waals surface area contributed by atoms with Crippen LogP contribution in [0, 0.1) is 6.92 Å². The second-order valence-corrected chi connectivity index (χ2v) is 6.00. The van der Waals surface area contributed by atoms with E-state index in [4.69, 9.17) is 16.6 Å². The maximum absolute atomic E-state index is 5.98. The first-order chi connectivity index (χ1) is 11.7. The number of fused-ring (bicyclic) bond motifs is 1. The summed E-state index contributed by atoms with van der Waals surface area (Å²) < 4.78 is 1.66. The third-order valence-electron chi connectivity index (χ3n) is 3.80.